The lowest BCUT2D eigenvalue weighted by atomic mass is 9.92. The molecule has 2 aromatic carbocycles. The van der Waals surface area contributed by atoms with Crippen LogP contribution in [0.25, 0.3) is 0 Å². The molecular weight excluding hydrogens is 323 g/mol. The van der Waals surface area contributed by atoms with Crippen LogP contribution < -0.4 is 4.90 Å². The molecule has 5 nitrogen and oxygen atoms in total. The number of carbonyl (C=O) groups excluding carboxylic acids is 2. The van der Waals surface area contributed by atoms with Crippen molar-refractivity contribution in [3.63, 3.8) is 0 Å². The van der Waals surface area contributed by atoms with E-state index in [1.807, 2.05) is 31.2 Å². The molecule has 2 amide bonds. The SMILES string of the molecule is Cc1ccc(C2=NOC3(CC(=O)N(c4ccc(F)cc4)C3=O)C2)cc1. The Labute approximate surface area is 143 Å². The molecule has 6 heteroatoms. The number of amides is 2. The summed E-state index contributed by atoms with van der Waals surface area (Å²) in [5.74, 6) is -1.27. The molecule has 2 aromatic rings. The van der Waals surface area contributed by atoms with Crippen molar-refractivity contribution >= 4 is 23.2 Å². The fraction of sp³-hybridized carbons (Fsp3) is 0.211. The molecule has 4 rings (SSSR count). The monoisotopic (exact) mass is 338 g/mol. The Bertz CT molecular complexity index is 890. The summed E-state index contributed by atoms with van der Waals surface area (Å²) < 4.78 is 13.1. The van der Waals surface area contributed by atoms with Gasteiger partial charge in [0.15, 0.2) is 0 Å². The van der Waals surface area contributed by atoms with Gasteiger partial charge < -0.3 is 4.84 Å². The first-order chi connectivity index (χ1) is 12.0. The number of aryl methyl sites for hydroxylation is 1. The Morgan fingerprint density at radius 3 is 2.40 bits per heavy atom. The molecule has 126 valence electrons. The van der Waals surface area contributed by atoms with Gasteiger partial charge >= 0.3 is 0 Å². The van der Waals surface area contributed by atoms with Gasteiger partial charge in [0.05, 0.1) is 17.8 Å². The Morgan fingerprint density at radius 2 is 1.72 bits per heavy atom. The smallest absolute Gasteiger partial charge is 0.281 e. The van der Waals surface area contributed by atoms with Gasteiger partial charge in [-0.05, 0) is 36.8 Å². The summed E-state index contributed by atoms with van der Waals surface area (Å²) in [7, 11) is 0. The minimum Gasteiger partial charge on any atom is -0.378 e. The lowest BCUT2D eigenvalue weighted by Crippen LogP contribution is -2.40. The van der Waals surface area contributed by atoms with Gasteiger partial charge in [0, 0.05) is 6.42 Å². The summed E-state index contributed by atoms with van der Waals surface area (Å²) in [6.45, 7) is 1.98. The van der Waals surface area contributed by atoms with Crippen LogP contribution in [0.15, 0.2) is 53.7 Å². The molecule has 0 bridgehead atoms. The van der Waals surface area contributed by atoms with Crippen molar-refractivity contribution in [3.05, 3.63) is 65.5 Å². The number of imide groups is 1. The topological polar surface area (TPSA) is 59.0 Å². The molecular formula is C19H15FN2O3. The van der Waals surface area contributed by atoms with Crippen LogP contribution in [0.4, 0.5) is 10.1 Å². The van der Waals surface area contributed by atoms with E-state index < -0.39 is 17.3 Å². The summed E-state index contributed by atoms with van der Waals surface area (Å²) in [5.41, 5.74) is 1.66. The highest BCUT2D eigenvalue weighted by Crippen LogP contribution is 2.39. The van der Waals surface area contributed by atoms with Gasteiger partial charge in [0.2, 0.25) is 11.5 Å². The van der Waals surface area contributed by atoms with E-state index >= 15 is 0 Å². The van der Waals surface area contributed by atoms with E-state index in [4.69, 9.17) is 4.84 Å². The molecule has 2 heterocycles. The van der Waals surface area contributed by atoms with Crippen molar-refractivity contribution in [2.75, 3.05) is 4.90 Å². The highest BCUT2D eigenvalue weighted by atomic mass is 19.1. The van der Waals surface area contributed by atoms with E-state index in [-0.39, 0.29) is 18.7 Å². The lowest BCUT2D eigenvalue weighted by molar-refractivity contribution is -0.136. The molecule has 1 atom stereocenters. The highest BCUT2D eigenvalue weighted by Gasteiger charge is 2.58. The van der Waals surface area contributed by atoms with E-state index in [1.165, 1.54) is 24.3 Å². The first-order valence-electron chi connectivity index (χ1n) is 7.94. The first kappa shape index (κ1) is 15.5. The number of benzene rings is 2. The van der Waals surface area contributed by atoms with Gasteiger partial charge in [-0.3, -0.25) is 9.59 Å². The zero-order valence-corrected chi connectivity index (χ0v) is 13.5. The first-order valence-corrected chi connectivity index (χ1v) is 7.94. The fourth-order valence-electron chi connectivity index (χ4n) is 3.16. The number of carbonyl (C=O) groups is 2. The van der Waals surface area contributed by atoms with Gasteiger partial charge in [-0.2, -0.15) is 0 Å². The van der Waals surface area contributed by atoms with Gasteiger partial charge in [-0.25, -0.2) is 9.29 Å². The van der Waals surface area contributed by atoms with Gasteiger partial charge in [0.1, 0.15) is 5.82 Å². The van der Waals surface area contributed by atoms with Crippen molar-refractivity contribution < 1.29 is 18.8 Å². The summed E-state index contributed by atoms with van der Waals surface area (Å²) in [5, 5.41) is 4.05. The van der Waals surface area contributed by atoms with Crippen LogP contribution in [0, 0.1) is 12.7 Å². The minimum absolute atomic E-state index is 0.0813. The van der Waals surface area contributed by atoms with E-state index in [0.29, 0.717) is 11.4 Å². The van der Waals surface area contributed by atoms with Crippen LogP contribution in [0.5, 0.6) is 0 Å². The zero-order valence-electron chi connectivity index (χ0n) is 13.5. The lowest BCUT2D eigenvalue weighted by Gasteiger charge is -2.19. The summed E-state index contributed by atoms with van der Waals surface area (Å²) in [6.07, 6.45) is 0.153. The number of rotatable bonds is 2. The van der Waals surface area contributed by atoms with Crippen molar-refractivity contribution in [3.8, 4) is 0 Å². The molecule has 0 saturated carbocycles. The second kappa shape index (κ2) is 5.51. The zero-order chi connectivity index (χ0) is 17.6. The van der Waals surface area contributed by atoms with Crippen LogP contribution in [0.3, 0.4) is 0 Å². The average molecular weight is 338 g/mol. The number of hydrogen-bond acceptors (Lipinski definition) is 4. The largest absolute Gasteiger partial charge is 0.378 e. The van der Waals surface area contributed by atoms with Crippen molar-refractivity contribution in [1.29, 1.82) is 0 Å². The molecule has 2 aliphatic rings. The second-order valence-corrected chi connectivity index (χ2v) is 6.35. The standard InChI is InChI=1S/C19H15FN2O3/c1-12-2-4-13(5-3-12)16-10-19(25-21-16)11-17(23)22(18(19)24)15-8-6-14(20)7-9-15/h2-9H,10-11H2,1H3. The Kier molecular flexibility index (Phi) is 3.42. The van der Waals surface area contributed by atoms with Crippen LogP contribution in [-0.2, 0) is 14.4 Å². The molecule has 1 saturated heterocycles. The van der Waals surface area contributed by atoms with Gasteiger partial charge in [-0.15, -0.1) is 0 Å². The van der Waals surface area contributed by atoms with Crippen molar-refractivity contribution in [2.45, 2.75) is 25.4 Å². The van der Waals surface area contributed by atoms with E-state index in [9.17, 15) is 14.0 Å². The maximum atomic E-state index is 13.1. The third-order valence-electron chi connectivity index (χ3n) is 4.53. The Balaban J connectivity index is 1.60. The van der Waals surface area contributed by atoms with E-state index in [0.717, 1.165) is 16.0 Å². The predicted octanol–water partition coefficient (Wildman–Crippen LogP) is 2.96. The normalized spacial score (nSPS) is 22.5. The van der Waals surface area contributed by atoms with Crippen LogP contribution in [-0.4, -0.2) is 23.1 Å². The van der Waals surface area contributed by atoms with Crippen molar-refractivity contribution in [1.82, 2.24) is 0 Å². The highest BCUT2D eigenvalue weighted by molar-refractivity contribution is 6.25. The minimum atomic E-state index is -1.30. The third-order valence-corrected chi connectivity index (χ3v) is 4.53. The number of hydrogen-bond donors (Lipinski definition) is 0. The third kappa shape index (κ3) is 2.50. The predicted molar refractivity (Wildman–Crippen MR) is 89.7 cm³/mol. The summed E-state index contributed by atoms with van der Waals surface area (Å²) in [6, 6.07) is 13.0. The molecule has 1 spiro atoms. The molecule has 0 radical (unpaired) electrons. The number of nitrogens with zero attached hydrogens (tertiary/aromatic N) is 2. The van der Waals surface area contributed by atoms with Gasteiger partial charge in [0.25, 0.3) is 5.91 Å². The van der Waals surface area contributed by atoms with Crippen molar-refractivity contribution in [2.24, 2.45) is 5.16 Å². The molecule has 0 aromatic heterocycles. The maximum absolute atomic E-state index is 13.1. The average Bonchev–Trinajstić information content (AvgIpc) is 3.12. The molecule has 2 aliphatic heterocycles. The number of halogens is 1. The maximum Gasteiger partial charge on any atom is 0.281 e. The molecule has 0 N–H and O–H groups in total. The molecule has 0 aliphatic carbocycles. The van der Waals surface area contributed by atoms with E-state index in [1.54, 1.807) is 0 Å². The number of anilines is 1. The number of oxime groups is 1. The summed E-state index contributed by atoms with van der Waals surface area (Å²) in [4.78, 5) is 31.8. The van der Waals surface area contributed by atoms with Crippen LogP contribution in [0.1, 0.15) is 24.0 Å². The molecule has 25 heavy (non-hydrogen) atoms. The molecule has 1 fully saturated rings. The van der Waals surface area contributed by atoms with E-state index in [2.05, 4.69) is 5.16 Å². The Morgan fingerprint density at radius 1 is 1.04 bits per heavy atom. The van der Waals surface area contributed by atoms with Crippen LogP contribution >= 0.6 is 0 Å². The second-order valence-electron chi connectivity index (χ2n) is 6.35. The summed E-state index contributed by atoms with van der Waals surface area (Å²) >= 11 is 0. The fourth-order valence-corrected chi connectivity index (χ4v) is 3.16. The van der Waals surface area contributed by atoms with Crippen LogP contribution in [0.2, 0.25) is 0 Å². The quantitative estimate of drug-likeness (QED) is 0.791. The molecule has 1 unspecified atom stereocenters. The van der Waals surface area contributed by atoms with Gasteiger partial charge in [-0.1, -0.05) is 35.0 Å². The Hall–Kier alpha value is -3.02.